The molecule has 1 unspecified atom stereocenters. The lowest BCUT2D eigenvalue weighted by atomic mass is 10.1. The molecule has 2 aromatic rings. The van der Waals surface area contributed by atoms with Crippen LogP contribution in [0.3, 0.4) is 0 Å². The molecule has 0 aliphatic heterocycles. The number of nitrogens with one attached hydrogen (secondary N) is 1. The highest BCUT2D eigenvalue weighted by Crippen LogP contribution is 2.36. The fraction of sp³-hybridized carbons (Fsp3) is 0.250. The van der Waals surface area contributed by atoms with E-state index < -0.39 is 5.82 Å². The molecule has 0 radical (unpaired) electrons. The van der Waals surface area contributed by atoms with E-state index in [1.54, 1.807) is 13.2 Å². The van der Waals surface area contributed by atoms with E-state index >= 15 is 0 Å². The molecule has 0 amide bonds. The van der Waals surface area contributed by atoms with E-state index in [9.17, 15) is 9.50 Å². The summed E-state index contributed by atoms with van der Waals surface area (Å²) in [5, 5.41) is 13.2. The Hall–Kier alpha value is -1.75. The zero-order valence-corrected chi connectivity index (χ0v) is 13.7. The van der Waals surface area contributed by atoms with E-state index in [-0.39, 0.29) is 11.8 Å². The van der Waals surface area contributed by atoms with Crippen molar-refractivity contribution in [2.24, 2.45) is 0 Å². The Morgan fingerprint density at radius 2 is 2.00 bits per heavy atom. The van der Waals surface area contributed by atoms with E-state index in [0.717, 1.165) is 21.8 Å². The topological polar surface area (TPSA) is 41.5 Å². The molecule has 5 heteroatoms. The second-order valence-corrected chi connectivity index (χ2v) is 5.78. The van der Waals surface area contributed by atoms with Gasteiger partial charge in [0, 0.05) is 16.1 Å². The Bertz CT molecular complexity index is 661. The van der Waals surface area contributed by atoms with Crippen LogP contribution in [-0.2, 0) is 0 Å². The maximum atomic E-state index is 13.1. The van der Waals surface area contributed by atoms with E-state index in [1.165, 1.54) is 6.07 Å². The van der Waals surface area contributed by atoms with E-state index in [4.69, 9.17) is 4.74 Å². The van der Waals surface area contributed by atoms with Crippen LogP contribution in [0, 0.1) is 12.7 Å². The largest absolute Gasteiger partial charge is 0.507 e. The Kier molecular flexibility index (Phi) is 4.73. The Morgan fingerprint density at radius 1 is 1.29 bits per heavy atom. The van der Waals surface area contributed by atoms with Crippen molar-refractivity contribution in [1.82, 2.24) is 0 Å². The van der Waals surface area contributed by atoms with Crippen LogP contribution in [0.1, 0.15) is 24.1 Å². The van der Waals surface area contributed by atoms with Crippen molar-refractivity contribution in [3.05, 3.63) is 51.7 Å². The van der Waals surface area contributed by atoms with E-state index in [1.807, 2.05) is 26.0 Å². The van der Waals surface area contributed by atoms with Gasteiger partial charge in [0.1, 0.15) is 17.3 Å². The molecule has 0 saturated heterocycles. The first kappa shape index (κ1) is 15.6. The van der Waals surface area contributed by atoms with Crippen LogP contribution in [0.4, 0.5) is 10.1 Å². The lowest BCUT2D eigenvalue weighted by Gasteiger charge is -2.21. The average molecular weight is 354 g/mol. The zero-order valence-electron chi connectivity index (χ0n) is 12.1. The number of rotatable bonds is 4. The molecule has 2 N–H and O–H groups in total. The Balaban J connectivity index is 2.33. The molecule has 0 aliphatic carbocycles. The molecule has 0 spiro atoms. The number of anilines is 1. The molecule has 0 fully saturated rings. The summed E-state index contributed by atoms with van der Waals surface area (Å²) in [6.07, 6.45) is 0. The van der Waals surface area contributed by atoms with Crippen molar-refractivity contribution in [3.63, 3.8) is 0 Å². The summed E-state index contributed by atoms with van der Waals surface area (Å²) in [6, 6.07) is 7.66. The monoisotopic (exact) mass is 353 g/mol. The fourth-order valence-corrected chi connectivity index (χ4v) is 2.79. The normalized spacial score (nSPS) is 12.0. The fourth-order valence-electron chi connectivity index (χ4n) is 2.24. The first-order valence-corrected chi connectivity index (χ1v) is 7.30. The van der Waals surface area contributed by atoms with Gasteiger partial charge in [0.2, 0.25) is 0 Å². The molecular formula is C16H17BrFNO2. The molecule has 0 aliphatic rings. The van der Waals surface area contributed by atoms with Crippen LogP contribution in [-0.4, -0.2) is 12.2 Å². The summed E-state index contributed by atoms with van der Waals surface area (Å²) in [4.78, 5) is 0. The Morgan fingerprint density at radius 3 is 2.62 bits per heavy atom. The van der Waals surface area contributed by atoms with Crippen molar-refractivity contribution in [2.75, 3.05) is 12.4 Å². The number of phenolic OH excluding ortho intramolecular Hbond substituents is 1. The smallest absolute Gasteiger partial charge is 0.143 e. The van der Waals surface area contributed by atoms with Gasteiger partial charge in [-0.05, 0) is 37.6 Å². The van der Waals surface area contributed by atoms with Gasteiger partial charge in [0.05, 0.1) is 18.8 Å². The molecule has 112 valence electrons. The number of aryl methyl sites for hydroxylation is 1. The van der Waals surface area contributed by atoms with Crippen molar-refractivity contribution in [1.29, 1.82) is 0 Å². The van der Waals surface area contributed by atoms with Crippen molar-refractivity contribution in [2.45, 2.75) is 19.9 Å². The summed E-state index contributed by atoms with van der Waals surface area (Å²) < 4.78 is 19.4. The lowest BCUT2D eigenvalue weighted by molar-refractivity contribution is 0.415. The van der Waals surface area contributed by atoms with Crippen LogP contribution in [0.15, 0.2) is 34.8 Å². The minimum atomic E-state index is -0.458. The number of aromatic hydroxyl groups is 1. The average Bonchev–Trinajstić information content (AvgIpc) is 2.41. The highest BCUT2D eigenvalue weighted by Gasteiger charge is 2.15. The second kappa shape index (κ2) is 6.35. The SMILES string of the molecule is COc1cc(Br)cc(C)c1NC(C)c1ccc(F)cc1O. The quantitative estimate of drug-likeness (QED) is 0.830. The highest BCUT2D eigenvalue weighted by molar-refractivity contribution is 9.10. The van der Waals surface area contributed by atoms with Gasteiger partial charge in [0.15, 0.2) is 0 Å². The predicted molar refractivity (Wildman–Crippen MR) is 85.5 cm³/mol. The first-order chi connectivity index (χ1) is 9.92. The zero-order chi connectivity index (χ0) is 15.6. The summed E-state index contributed by atoms with van der Waals surface area (Å²) >= 11 is 3.43. The van der Waals surface area contributed by atoms with Crippen molar-refractivity contribution in [3.8, 4) is 11.5 Å². The number of halogens is 2. The predicted octanol–water partition coefficient (Wildman–Crippen LogP) is 4.78. The third-order valence-corrected chi connectivity index (χ3v) is 3.76. The van der Waals surface area contributed by atoms with E-state index in [2.05, 4.69) is 21.2 Å². The van der Waals surface area contributed by atoms with Gasteiger partial charge in [0.25, 0.3) is 0 Å². The van der Waals surface area contributed by atoms with Crippen LogP contribution in [0.25, 0.3) is 0 Å². The molecule has 21 heavy (non-hydrogen) atoms. The van der Waals surface area contributed by atoms with Crippen molar-refractivity contribution < 1.29 is 14.2 Å². The minimum Gasteiger partial charge on any atom is -0.507 e. The lowest BCUT2D eigenvalue weighted by Crippen LogP contribution is -2.09. The van der Waals surface area contributed by atoms with E-state index in [0.29, 0.717) is 11.3 Å². The highest BCUT2D eigenvalue weighted by atomic mass is 79.9. The van der Waals surface area contributed by atoms with Crippen LogP contribution < -0.4 is 10.1 Å². The second-order valence-electron chi connectivity index (χ2n) is 4.87. The number of ether oxygens (including phenoxy) is 1. The van der Waals surface area contributed by atoms with Gasteiger partial charge in [-0.15, -0.1) is 0 Å². The molecule has 0 aromatic heterocycles. The summed E-state index contributed by atoms with van der Waals surface area (Å²) in [7, 11) is 1.60. The molecule has 0 saturated carbocycles. The number of methoxy groups -OCH3 is 1. The standard InChI is InChI=1S/C16H17BrFNO2/c1-9-6-11(17)7-15(21-3)16(9)19-10(2)13-5-4-12(18)8-14(13)20/h4-8,10,19-20H,1-3H3. The molecule has 2 rings (SSSR count). The maximum Gasteiger partial charge on any atom is 0.143 e. The Labute approximate surface area is 131 Å². The van der Waals surface area contributed by atoms with Gasteiger partial charge in [-0.1, -0.05) is 22.0 Å². The van der Waals surface area contributed by atoms with Crippen LogP contribution >= 0.6 is 15.9 Å². The number of hydrogen-bond acceptors (Lipinski definition) is 3. The summed E-state index contributed by atoms with van der Waals surface area (Å²) in [5.41, 5.74) is 2.48. The summed E-state index contributed by atoms with van der Waals surface area (Å²) in [5.74, 6) is 0.180. The minimum absolute atomic E-state index is 0.0660. The van der Waals surface area contributed by atoms with Crippen LogP contribution in [0.2, 0.25) is 0 Å². The third kappa shape index (κ3) is 3.47. The molecule has 3 nitrogen and oxygen atoms in total. The van der Waals surface area contributed by atoms with Gasteiger partial charge < -0.3 is 15.2 Å². The molecule has 0 bridgehead atoms. The maximum absolute atomic E-state index is 13.1. The van der Waals surface area contributed by atoms with Gasteiger partial charge in [-0.25, -0.2) is 4.39 Å². The van der Waals surface area contributed by atoms with Crippen molar-refractivity contribution >= 4 is 21.6 Å². The number of hydrogen-bond donors (Lipinski definition) is 2. The molecule has 2 aromatic carbocycles. The molecule has 0 heterocycles. The van der Waals surface area contributed by atoms with Gasteiger partial charge in [-0.2, -0.15) is 0 Å². The van der Waals surface area contributed by atoms with Gasteiger partial charge in [-0.3, -0.25) is 0 Å². The number of benzene rings is 2. The number of phenols is 1. The van der Waals surface area contributed by atoms with Crippen LogP contribution in [0.5, 0.6) is 11.5 Å². The molecule has 1 atom stereocenters. The van der Waals surface area contributed by atoms with Gasteiger partial charge >= 0.3 is 0 Å². The third-order valence-electron chi connectivity index (χ3n) is 3.30. The summed E-state index contributed by atoms with van der Waals surface area (Å²) in [6.45, 7) is 3.86. The first-order valence-electron chi connectivity index (χ1n) is 6.51. The molecular weight excluding hydrogens is 337 g/mol.